The average molecular weight is 521 g/mol. The minimum Gasteiger partial charge on any atom is -0.491 e. The van der Waals surface area contributed by atoms with Gasteiger partial charge < -0.3 is 19.9 Å². The molecule has 2 aromatic rings. The van der Waals surface area contributed by atoms with E-state index in [1.807, 2.05) is 4.90 Å². The Balaban J connectivity index is 1.65. The van der Waals surface area contributed by atoms with E-state index in [1.54, 1.807) is 22.2 Å². The normalized spacial score (nSPS) is 19.9. The lowest BCUT2D eigenvalue weighted by atomic mass is 10.1. The molecule has 1 atom stereocenters. The molecule has 1 aromatic heterocycles. The quantitative estimate of drug-likeness (QED) is 0.634. The van der Waals surface area contributed by atoms with Crippen LogP contribution in [0.2, 0.25) is 0 Å². The third-order valence-corrected chi connectivity index (χ3v) is 6.32. The summed E-state index contributed by atoms with van der Waals surface area (Å²) < 4.78 is 45.9. The molecule has 2 aliphatic rings. The highest BCUT2D eigenvalue weighted by Crippen LogP contribution is 2.33. The first-order valence-corrected chi connectivity index (χ1v) is 11.8. The van der Waals surface area contributed by atoms with Crippen LogP contribution in [0, 0.1) is 0 Å². The van der Waals surface area contributed by atoms with Gasteiger partial charge in [0, 0.05) is 64.1 Å². The zero-order valence-corrected chi connectivity index (χ0v) is 20.2. The van der Waals surface area contributed by atoms with Crippen molar-refractivity contribution in [2.45, 2.75) is 25.7 Å². The Morgan fingerprint density at radius 1 is 1.16 bits per heavy atom. The molecule has 0 unspecified atom stereocenters. The summed E-state index contributed by atoms with van der Waals surface area (Å²) in [5, 5.41) is 2.63. The number of amides is 3. The van der Waals surface area contributed by atoms with Gasteiger partial charge in [0.1, 0.15) is 18.7 Å². The van der Waals surface area contributed by atoms with Crippen molar-refractivity contribution in [1.82, 2.24) is 30.0 Å². The number of hydrogen-bond acceptors (Lipinski definition) is 7. The van der Waals surface area contributed by atoms with Crippen LogP contribution >= 0.6 is 0 Å². The highest BCUT2D eigenvalue weighted by Gasteiger charge is 2.35. The van der Waals surface area contributed by atoms with Gasteiger partial charge in [-0.15, -0.1) is 0 Å². The van der Waals surface area contributed by atoms with E-state index in [4.69, 9.17) is 4.74 Å². The Bertz CT molecular complexity index is 1150. The lowest BCUT2D eigenvalue weighted by Gasteiger charge is -2.41. The maximum absolute atomic E-state index is 13.4. The summed E-state index contributed by atoms with van der Waals surface area (Å²) in [6.07, 6.45) is -0.0110. The summed E-state index contributed by atoms with van der Waals surface area (Å²) in [6, 6.07) is 2.16. The Morgan fingerprint density at radius 2 is 1.92 bits per heavy atom. The average Bonchev–Trinajstić information content (AvgIpc) is 2.87. The summed E-state index contributed by atoms with van der Waals surface area (Å²) in [7, 11) is 0. The Labute approximate surface area is 211 Å². The first kappa shape index (κ1) is 26.3. The number of halogens is 3. The summed E-state index contributed by atoms with van der Waals surface area (Å²) >= 11 is 0. The number of fused-ring (bicyclic) bond motifs is 2. The van der Waals surface area contributed by atoms with Crippen LogP contribution in [0.15, 0.2) is 36.9 Å². The van der Waals surface area contributed by atoms with Crippen LogP contribution in [-0.2, 0) is 22.3 Å². The number of benzene rings is 1. The highest BCUT2D eigenvalue weighted by atomic mass is 19.4. The molecule has 198 valence electrons. The van der Waals surface area contributed by atoms with E-state index in [2.05, 4.69) is 15.3 Å². The van der Waals surface area contributed by atoms with Gasteiger partial charge in [0.25, 0.3) is 5.91 Å². The fraction of sp³-hybridized carbons (Fsp3) is 0.458. The molecule has 1 saturated heterocycles. The molecular formula is C24H27F3N6O4. The molecule has 0 spiro atoms. The molecule has 1 N–H and O–H groups in total. The van der Waals surface area contributed by atoms with Gasteiger partial charge in [-0.1, -0.05) is 0 Å². The van der Waals surface area contributed by atoms with Gasteiger partial charge in [-0.05, 0) is 18.2 Å². The van der Waals surface area contributed by atoms with Crippen molar-refractivity contribution >= 4 is 17.7 Å². The van der Waals surface area contributed by atoms with Crippen molar-refractivity contribution in [3.05, 3.63) is 53.6 Å². The Morgan fingerprint density at radius 3 is 2.62 bits per heavy atom. The van der Waals surface area contributed by atoms with Crippen LogP contribution in [0.25, 0.3) is 0 Å². The fourth-order valence-electron chi connectivity index (χ4n) is 4.40. The van der Waals surface area contributed by atoms with E-state index < -0.39 is 23.7 Å². The van der Waals surface area contributed by atoms with E-state index in [0.717, 1.165) is 23.8 Å². The van der Waals surface area contributed by atoms with Crippen LogP contribution in [0.3, 0.4) is 0 Å². The van der Waals surface area contributed by atoms with Crippen molar-refractivity contribution in [3.63, 3.8) is 0 Å². The van der Waals surface area contributed by atoms with E-state index in [1.165, 1.54) is 13.3 Å². The molecular weight excluding hydrogens is 493 g/mol. The first-order valence-electron chi connectivity index (χ1n) is 11.8. The number of carbonyl (C=O) groups excluding carboxylic acids is 3. The standard InChI is InChI=1S/C24H27F3N6O4/c1-16(34)32-6-7-33-19(12-32)14-37-21-3-2-18(24(25,26)27)8-20(21)23(36)30-4-5-31(13-22(33)35)11-17-9-28-15-29-10-17/h2-3,8-10,15,19H,4-7,11-14H2,1H3,(H,30,36)/t19-/m0/s1. The lowest BCUT2D eigenvalue weighted by molar-refractivity contribution is -0.143. The number of carbonyl (C=O) groups is 3. The molecule has 0 bridgehead atoms. The molecule has 37 heavy (non-hydrogen) atoms. The van der Waals surface area contributed by atoms with Gasteiger partial charge >= 0.3 is 6.18 Å². The van der Waals surface area contributed by atoms with Gasteiger partial charge in [0.05, 0.1) is 23.7 Å². The van der Waals surface area contributed by atoms with E-state index >= 15 is 0 Å². The number of nitrogens with zero attached hydrogens (tertiary/aromatic N) is 5. The van der Waals surface area contributed by atoms with Crippen LogP contribution in [-0.4, -0.2) is 94.3 Å². The summed E-state index contributed by atoms with van der Waals surface area (Å²) in [6.45, 7) is 2.85. The van der Waals surface area contributed by atoms with Gasteiger partial charge in [-0.2, -0.15) is 13.2 Å². The molecule has 3 heterocycles. The molecule has 0 aliphatic carbocycles. The van der Waals surface area contributed by atoms with Crippen LogP contribution in [0.4, 0.5) is 13.2 Å². The number of ether oxygens (including phenoxy) is 1. The SMILES string of the molecule is CC(=O)N1CCN2C(=O)CN(Cc3cncnc3)CCNC(=O)c3cc(C(F)(F)F)ccc3OC[C@@H]2C1. The van der Waals surface area contributed by atoms with E-state index in [9.17, 15) is 27.6 Å². The van der Waals surface area contributed by atoms with Gasteiger partial charge in [-0.25, -0.2) is 9.97 Å². The molecule has 2 aliphatic heterocycles. The topological polar surface area (TPSA) is 108 Å². The van der Waals surface area contributed by atoms with Gasteiger partial charge in [-0.3, -0.25) is 19.3 Å². The largest absolute Gasteiger partial charge is 0.491 e. The number of nitrogens with one attached hydrogen (secondary N) is 1. The van der Waals surface area contributed by atoms with Crippen molar-refractivity contribution < 1.29 is 32.3 Å². The zero-order chi connectivity index (χ0) is 26.6. The summed E-state index contributed by atoms with van der Waals surface area (Å²) in [5.74, 6) is -1.10. The van der Waals surface area contributed by atoms with Crippen LogP contribution in [0.5, 0.6) is 5.75 Å². The predicted octanol–water partition coefficient (Wildman–Crippen LogP) is 1.18. The van der Waals surface area contributed by atoms with Crippen molar-refractivity contribution in [3.8, 4) is 5.75 Å². The maximum Gasteiger partial charge on any atom is 0.416 e. The number of alkyl halides is 3. The monoisotopic (exact) mass is 520 g/mol. The number of piperazine rings is 1. The Hall–Kier alpha value is -3.74. The first-order chi connectivity index (χ1) is 17.6. The maximum atomic E-state index is 13.4. The van der Waals surface area contributed by atoms with E-state index in [0.29, 0.717) is 13.1 Å². The smallest absolute Gasteiger partial charge is 0.416 e. The molecule has 0 radical (unpaired) electrons. The molecule has 13 heteroatoms. The zero-order valence-electron chi connectivity index (χ0n) is 20.2. The number of rotatable bonds is 2. The molecule has 0 saturated carbocycles. The van der Waals surface area contributed by atoms with Gasteiger partial charge in [0.2, 0.25) is 11.8 Å². The molecule has 4 rings (SSSR count). The third-order valence-electron chi connectivity index (χ3n) is 6.32. The molecule has 3 amide bonds. The highest BCUT2D eigenvalue weighted by molar-refractivity contribution is 5.97. The predicted molar refractivity (Wildman–Crippen MR) is 124 cm³/mol. The van der Waals surface area contributed by atoms with Crippen LogP contribution < -0.4 is 10.1 Å². The second-order valence-electron chi connectivity index (χ2n) is 8.94. The fourth-order valence-corrected chi connectivity index (χ4v) is 4.40. The minimum absolute atomic E-state index is 0.0203. The summed E-state index contributed by atoms with van der Waals surface area (Å²) in [4.78, 5) is 51.3. The Kier molecular flexibility index (Phi) is 7.91. The lowest BCUT2D eigenvalue weighted by Crippen LogP contribution is -2.59. The van der Waals surface area contributed by atoms with Crippen molar-refractivity contribution in [2.75, 3.05) is 45.9 Å². The second-order valence-corrected chi connectivity index (χ2v) is 8.94. The number of aromatic nitrogens is 2. The van der Waals surface area contributed by atoms with Crippen molar-refractivity contribution in [2.24, 2.45) is 0 Å². The second kappa shape index (κ2) is 11.1. The van der Waals surface area contributed by atoms with Crippen LogP contribution in [0.1, 0.15) is 28.4 Å². The minimum atomic E-state index is -4.64. The molecule has 10 nitrogen and oxygen atoms in total. The third kappa shape index (κ3) is 6.53. The number of hydrogen-bond donors (Lipinski definition) is 1. The summed E-state index contributed by atoms with van der Waals surface area (Å²) in [5.41, 5.74) is -0.473. The molecule has 1 fully saturated rings. The van der Waals surface area contributed by atoms with Crippen molar-refractivity contribution in [1.29, 1.82) is 0 Å². The molecule has 1 aromatic carbocycles. The van der Waals surface area contributed by atoms with Gasteiger partial charge in [0.15, 0.2) is 0 Å². The van der Waals surface area contributed by atoms with E-state index in [-0.39, 0.29) is 62.5 Å².